The van der Waals surface area contributed by atoms with E-state index in [-0.39, 0.29) is 5.41 Å². The molecule has 1 spiro atoms. The molecule has 1 nitrogen and oxygen atoms in total. The Balaban J connectivity index is 1.02. The highest BCUT2D eigenvalue weighted by Crippen LogP contribution is 2.59. The Labute approximate surface area is 369 Å². The first-order valence-corrected chi connectivity index (χ1v) is 22.6. The van der Waals surface area contributed by atoms with E-state index in [1.807, 2.05) is 0 Å². The Morgan fingerprint density at radius 3 is 1.59 bits per heavy atom. The van der Waals surface area contributed by atoms with Gasteiger partial charge in [-0.25, -0.2) is 0 Å². The first-order valence-electron chi connectivity index (χ1n) is 22.6. The van der Waals surface area contributed by atoms with E-state index in [0.29, 0.717) is 0 Å². The van der Waals surface area contributed by atoms with Gasteiger partial charge in [0, 0.05) is 22.5 Å². The second-order valence-corrected chi connectivity index (χ2v) is 17.9. The average Bonchev–Trinajstić information content (AvgIpc) is 4.05. The fraction of sp³-hybridized carbons (Fsp3) is 0.0968. The molecule has 0 amide bonds. The van der Waals surface area contributed by atoms with Gasteiger partial charge in [0.2, 0.25) is 0 Å². The summed E-state index contributed by atoms with van der Waals surface area (Å²) in [7, 11) is 0. The van der Waals surface area contributed by atoms with Gasteiger partial charge in [-0.3, -0.25) is 0 Å². The van der Waals surface area contributed by atoms with Crippen molar-refractivity contribution in [1.29, 1.82) is 0 Å². The van der Waals surface area contributed by atoms with Crippen molar-refractivity contribution in [2.45, 2.75) is 36.5 Å². The summed E-state index contributed by atoms with van der Waals surface area (Å²) in [6.07, 6.45) is 5.00. The molecule has 298 valence electrons. The second kappa shape index (κ2) is 14.0. The first kappa shape index (κ1) is 36.2. The number of anilines is 3. The molecule has 63 heavy (non-hydrogen) atoms. The van der Waals surface area contributed by atoms with Crippen molar-refractivity contribution >= 4 is 38.6 Å². The molecule has 1 fully saturated rings. The van der Waals surface area contributed by atoms with Crippen LogP contribution in [0.2, 0.25) is 0 Å². The highest BCUT2D eigenvalue weighted by Gasteiger charge is 2.47. The molecule has 0 bridgehead atoms. The number of nitrogens with zero attached hydrogens (tertiary/aromatic N) is 1. The number of rotatable bonds is 6. The maximum absolute atomic E-state index is 2.50. The maximum atomic E-state index is 2.50. The Morgan fingerprint density at radius 1 is 0.317 bits per heavy atom. The number of benzene rings is 10. The van der Waals surface area contributed by atoms with Crippen LogP contribution < -0.4 is 4.90 Å². The summed E-state index contributed by atoms with van der Waals surface area (Å²) < 4.78 is 0. The van der Waals surface area contributed by atoms with Crippen LogP contribution in [0.3, 0.4) is 0 Å². The summed E-state index contributed by atoms with van der Waals surface area (Å²) in [6, 6.07) is 84.5. The third kappa shape index (κ3) is 5.30. The molecule has 0 heterocycles. The minimum atomic E-state index is -0.494. The summed E-state index contributed by atoms with van der Waals surface area (Å²) in [6.45, 7) is 0. The quantitative estimate of drug-likeness (QED) is 0.151. The van der Waals surface area contributed by atoms with Crippen LogP contribution in [-0.4, -0.2) is 0 Å². The smallest absolute Gasteiger partial charge is 0.0714 e. The summed E-state index contributed by atoms with van der Waals surface area (Å²) in [5.41, 5.74) is 19.0. The van der Waals surface area contributed by atoms with Gasteiger partial charge in [-0.15, -0.1) is 0 Å². The lowest BCUT2D eigenvalue weighted by molar-refractivity contribution is 0.550. The molecule has 3 aliphatic carbocycles. The monoisotopic (exact) mass is 803 g/mol. The molecule has 0 saturated heterocycles. The van der Waals surface area contributed by atoms with Gasteiger partial charge < -0.3 is 4.90 Å². The van der Waals surface area contributed by atoms with E-state index in [9.17, 15) is 0 Å². The molecule has 1 heteroatoms. The Bertz CT molecular complexity index is 3350. The van der Waals surface area contributed by atoms with Crippen LogP contribution in [-0.2, 0) is 10.8 Å². The molecule has 0 atom stereocenters. The highest BCUT2D eigenvalue weighted by molar-refractivity contribution is 6.08. The molecule has 3 aliphatic rings. The van der Waals surface area contributed by atoms with E-state index in [2.05, 4.69) is 229 Å². The van der Waals surface area contributed by atoms with Crippen LogP contribution in [0, 0.1) is 0 Å². The summed E-state index contributed by atoms with van der Waals surface area (Å²) in [5, 5.41) is 5.11. The topological polar surface area (TPSA) is 3.24 Å². The van der Waals surface area contributed by atoms with Gasteiger partial charge >= 0.3 is 0 Å². The summed E-state index contributed by atoms with van der Waals surface area (Å²) in [5.74, 6) is 0. The minimum absolute atomic E-state index is 0.117. The summed E-state index contributed by atoms with van der Waals surface area (Å²) in [4.78, 5) is 2.50. The fourth-order valence-corrected chi connectivity index (χ4v) is 12.1. The van der Waals surface area contributed by atoms with Gasteiger partial charge in [0.15, 0.2) is 0 Å². The van der Waals surface area contributed by atoms with Crippen molar-refractivity contribution in [2.24, 2.45) is 0 Å². The number of hydrogen-bond acceptors (Lipinski definition) is 1. The van der Waals surface area contributed by atoms with E-state index in [1.165, 1.54) is 120 Å². The van der Waals surface area contributed by atoms with Crippen LogP contribution in [0.25, 0.3) is 54.9 Å². The summed E-state index contributed by atoms with van der Waals surface area (Å²) >= 11 is 0. The molecule has 0 unspecified atom stereocenters. The van der Waals surface area contributed by atoms with E-state index >= 15 is 0 Å². The van der Waals surface area contributed by atoms with Gasteiger partial charge in [0.25, 0.3) is 0 Å². The van der Waals surface area contributed by atoms with Gasteiger partial charge in [-0.05, 0) is 144 Å². The Hall–Kier alpha value is -7.48. The Kier molecular flexibility index (Phi) is 8.06. The maximum Gasteiger partial charge on any atom is 0.0714 e. The number of hydrogen-bond donors (Lipinski definition) is 0. The first-order chi connectivity index (χ1) is 31.2. The molecule has 10 aromatic carbocycles. The average molecular weight is 804 g/mol. The minimum Gasteiger partial charge on any atom is -0.310 e. The van der Waals surface area contributed by atoms with Crippen molar-refractivity contribution in [2.75, 3.05) is 4.90 Å². The van der Waals surface area contributed by atoms with Crippen LogP contribution in [0.15, 0.2) is 224 Å². The molecule has 1 saturated carbocycles. The molecule has 0 aliphatic heterocycles. The van der Waals surface area contributed by atoms with Crippen molar-refractivity contribution in [3.05, 3.63) is 258 Å². The predicted molar refractivity (Wildman–Crippen MR) is 264 cm³/mol. The van der Waals surface area contributed by atoms with Crippen molar-refractivity contribution in [3.8, 4) is 33.4 Å². The molecular formula is C62H45N. The van der Waals surface area contributed by atoms with Crippen LogP contribution in [0.5, 0.6) is 0 Å². The van der Waals surface area contributed by atoms with Crippen molar-refractivity contribution in [1.82, 2.24) is 0 Å². The van der Waals surface area contributed by atoms with Gasteiger partial charge in [0.1, 0.15) is 0 Å². The van der Waals surface area contributed by atoms with Crippen molar-refractivity contribution < 1.29 is 0 Å². The molecule has 13 rings (SSSR count). The van der Waals surface area contributed by atoms with E-state index in [0.717, 1.165) is 11.4 Å². The Morgan fingerprint density at radius 2 is 0.841 bits per heavy atom. The number of fused-ring (bicyclic) bond motifs is 11. The van der Waals surface area contributed by atoms with Gasteiger partial charge in [0.05, 0.1) is 5.41 Å². The lowest BCUT2D eigenvalue weighted by Gasteiger charge is -2.35. The van der Waals surface area contributed by atoms with E-state index < -0.39 is 5.41 Å². The van der Waals surface area contributed by atoms with Gasteiger partial charge in [-0.1, -0.05) is 195 Å². The lowest BCUT2D eigenvalue weighted by atomic mass is 9.67. The predicted octanol–water partition coefficient (Wildman–Crippen LogP) is 16.3. The zero-order valence-electron chi connectivity index (χ0n) is 35.1. The molecule has 0 N–H and O–H groups in total. The zero-order valence-corrected chi connectivity index (χ0v) is 35.1. The normalized spacial score (nSPS) is 15.0. The van der Waals surface area contributed by atoms with Crippen LogP contribution in [0.4, 0.5) is 17.1 Å². The molecule has 10 aromatic rings. The lowest BCUT2D eigenvalue weighted by Crippen LogP contribution is -2.28. The van der Waals surface area contributed by atoms with E-state index in [4.69, 9.17) is 0 Å². The van der Waals surface area contributed by atoms with E-state index in [1.54, 1.807) is 0 Å². The molecule has 0 radical (unpaired) electrons. The van der Waals surface area contributed by atoms with Crippen LogP contribution >= 0.6 is 0 Å². The third-order valence-electron chi connectivity index (χ3n) is 14.9. The third-order valence-corrected chi connectivity index (χ3v) is 14.9. The SMILES string of the molecule is c1ccc(C2(c3ccccc3)c3ccccc3-c3ccc(N(c4ccc(-c5ccc6ccc7ccccc7c6c5)cc4)c4ccc5c(c4)-c4ccccc4C54CCCC4)cc32)cc1. The molecule has 0 aromatic heterocycles. The fourth-order valence-electron chi connectivity index (χ4n) is 12.1. The second-order valence-electron chi connectivity index (χ2n) is 17.9. The largest absolute Gasteiger partial charge is 0.310 e. The standard InChI is InChI=1S/C62H45N/c1-3-16-46(17-4-1)62(47-18-5-2-6-19-47)59-24-12-10-21-52(59)54-35-33-50(41-60(54)62)63(49-34-36-58-56(40-49)53-22-9-11-23-57(53)61(58)37-13-14-38-61)48-31-29-42(30-32-48)45-28-27-44-26-25-43-15-7-8-20-51(43)55(44)39-45/h1-12,15-36,39-41H,13-14,37-38H2. The highest BCUT2D eigenvalue weighted by atomic mass is 15.1. The van der Waals surface area contributed by atoms with Crippen molar-refractivity contribution in [3.63, 3.8) is 0 Å². The van der Waals surface area contributed by atoms with Gasteiger partial charge in [-0.2, -0.15) is 0 Å². The zero-order chi connectivity index (χ0) is 41.5. The van der Waals surface area contributed by atoms with Crippen LogP contribution in [0.1, 0.15) is 59.1 Å². The molecular weight excluding hydrogens is 759 g/mol.